The summed E-state index contributed by atoms with van der Waals surface area (Å²) in [5, 5.41) is 0. The molecule has 0 unspecified atom stereocenters. The number of hydrogen-bond acceptors (Lipinski definition) is 3. The Hall–Kier alpha value is -1.60. The molecule has 0 aromatic carbocycles. The van der Waals surface area contributed by atoms with E-state index in [-0.39, 0.29) is 6.42 Å². The molecule has 0 rings (SSSR count). The van der Waals surface area contributed by atoms with E-state index in [4.69, 9.17) is 0 Å². The van der Waals surface area contributed by atoms with Crippen molar-refractivity contribution in [2.24, 2.45) is 0 Å². The first kappa shape index (κ1) is 23.4. The molecular weight excluding hydrogens is 389 g/mol. The summed E-state index contributed by atoms with van der Waals surface area (Å²) >= 11 is 0. The van der Waals surface area contributed by atoms with Gasteiger partial charge in [0, 0.05) is 6.42 Å². The van der Waals surface area contributed by atoms with Crippen LogP contribution in [0.1, 0.15) is 26.2 Å². The van der Waals surface area contributed by atoms with Crippen LogP contribution in [0.3, 0.4) is 0 Å². The fourth-order valence-electron chi connectivity index (χ4n) is 1.28. The number of rotatable bonds is 7. The molecule has 25 heavy (non-hydrogen) atoms. The SMILES string of the molecule is CCCCC(F)(F)C(C(=O)OOC(F)(C(F)(F)F)C(F)(F)F)=C(F)F. The van der Waals surface area contributed by atoms with Crippen LogP contribution in [0.15, 0.2) is 11.7 Å². The molecule has 0 aliphatic heterocycles. The largest absolute Gasteiger partial charge is 0.462 e. The number of carbonyl (C=O) groups is 1. The second kappa shape index (κ2) is 7.74. The van der Waals surface area contributed by atoms with E-state index in [0.29, 0.717) is 0 Å². The lowest BCUT2D eigenvalue weighted by Gasteiger charge is -2.27. The third kappa shape index (κ3) is 5.44. The second-order valence-corrected chi connectivity index (χ2v) is 4.49. The van der Waals surface area contributed by atoms with E-state index in [1.165, 1.54) is 6.92 Å². The minimum atomic E-state index is -6.85. The monoisotopic (exact) mass is 398 g/mol. The van der Waals surface area contributed by atoms with E-state index < -0.39 is 54.6 Å². The lowest BCUT2D eigenvalue weighted by molar-refractivity contribution is -0.506. The van der Waals surface area contributed by atoms with Gasteiger partial charge in [0.05, 0.1) is 0 Å². The molecule has 0 saturated carbocycles. The summed E-state index contributed by atoms with van der Waals surface area (Å²) in [5.41, 5.74) is -2.84. The smallest absolute Gasteiger partial charge is 0.289 e. The van der Waals surface area contributed by atoms with Gasteiger partial charge in [-0.3, -0.25) is 4.89 Å². The molecule has 0 aromatic rings. The Morgan fingerprint density at radius 1 is 0.880 bits per heavy atom. The average Bonchev–Trinajstić information content (AvgIpc) is 2.39. The summed E-state index contributed by atoms with van der Waals surface area (Å²) in [6.07, 6.45) is -19.0. The Balaban J connectivity index is 5.52. The highest BCUT2D eigenvalue weighted by molar-refractivity contribution is 5.90. The average molecular weight is 398 g/mol. The van der Waals surface area contributed by atoms with Crippen LogP contribution in [0.4, 0.5) is 48.3 Å². The molecule has 0 amide bonds. The zero-order valence-electron chi connectivity index (χ0n) is 12.0. The van der Waals surface area contributed by atoms with Crippen molar-refractivity contribution in [1.29, 1.82) is 0 Å². The summed E-state index contributed by atoms with van der Waals surface area (Å²) in [6.45, 7) is 1.34. The number of carbonyl (C=O) groups excluding carboxylic acids is 1. The van der Waals surface area contributed by atoms with E-state index >= 15 is 0 Å². The molecule has 14 heteroatoms. The molecule has 0 radical (unpaired) electrons. The van der Waals surface area contributed by atoms with Gasteiger partial charge in [0.15, 0.2) is 5.57 Å². The second-order valence-electron chi connectivity index (χ2n) is 4.49. The summed E-state index contributed by atoms with van der Waals surface area (Å²) in [4.78, 5) is 16.0. The van der Waals surface area contributed by atoms with Crippen molar-refractivity contribution in [2.75, 3.05) is 0 Å². The molecular formula is C11H9F11O3. The Morgan fingerprint density at radius 2 is 1.32 bits per heavy atom. The molecule has 0 spiro atoms. The van der Waals surface area contributed by atoms with Crippen molar-refractivity contribution < 1.29 is 62.9 Å². The Bertz CT molecular complexity index is 488. The molecule has 0 bridgehead atoms. The third-order valence-corrected chi connectivity index (χ3v) is 2.56. The highest BCUT2D eigenvalue weighted by atomic mass is 19.4. The minimum absolute atomic E-state index is 0.0259. The zero-order chi connectivity index (χ0) is 20.3. The predicted octanol–water partition coefficient (Wildman–Crippen LogP) is 5.23. The number of halogens is 11. The van der Waals surface area contributed by atoms with E-state index in [9.17, 15) is 53.1 Å². The summed E-state index contributed by atoms with van der Waals surface area (Å²) in [7, 11) is 0. The molecule has 0 heterocycles. The highest BCUT2D eigenvalue weighted by Crippen LogP contribution is 2.47. The number of alkyl halides is 9. The fourth-order valence-corrected chi connectivity index (χ4v) is 1.28. The molecule has 0 saturated heterocycles. The molecule has 0 aliphatic rings. The Labute approximate surface area is 132 Å². The first-order chi connectivity index (χ1) is 11.0. The van der Waals surface area contributed by atoms with Crippen molar-refractivity contribution in [2.45, 2.75) is 50.3 Å². The van der Waals surface area contributed by atoms with Gasteiger partial charge >= 0.3 is 24.2 Å². The normalized spacial score (nSPS) is 13.6. The highest BCUT2D eigenvalue weighted by Gasteiger charge is 2.76. The van der Waals surface area contributed by atoms with Crippen molar-refractivity contribution in [3.63, 3.8) is 0 Å². The van der Waals surface area contributed by atoms with Crippen LogP contribution in [-0.2, 0) is 14.6 Å². The van der Waals surface area contributed by atoms with Gasteiger partial charge in [0.2, 0.25) is 0 Å². The van der Waals surface area contributed by atoms with E-state index in [1.54, 1.807) is 0 Å². The number of unbranched alkanes of at least 4 members (excludes halogenated alkanes) is 1. The molecule has 0 fully saturated rings. The van der Waals surface area contributed by atoms with Crippen molar-refractivity contribution in [3.8, 4) is 0 Å². The van der Waals surface area contributed by atoms with Gasteiger partial charge in [-0.1, -0.05) is 13.3 Å². The molecule has 3 nitrogen and oxygen atoms in total. The van der Waals surface area contributed by atoms with Gasteiger partial charge in [0.25, 0.3) is 12.0 Å². The van der Waals surface area contributed by atoms with Gasteiger partial charge in [0.1, 0.15) is 0 Å². The first-order valence-corrected chi connectivity index (χ1v) is 6.17. The van der Waals surface area contributed by atoms with Crippen LogP contribution in [0, 0.1) is 0 Å². The molecule has 0 atom stereocenters. The number of hydrogen-bond donors (Lipinski definition) is 0. The van der Waals surface area contributed by atoms with Crippen LogP contribution < -0.4 is 0 Å². The van der Waals surface area contributed by atoms with Crippen molar-refractivity contribution >= 4 is 5.97 Å². The van der Waals surface area contributed by atoms with Gasteiger partial charge in [-0.25, -0.2) is 13.6 Å². The summed E-state index contributed by atoms with van der Waals surface area (Å²) in [5.74, 6) is -14.4. The van der Waals surface area contributed by atoms with Gasteiger partial charge < -0.3 is 0 Å². The molecule has 148 valence electrons. The quantitative estimate of drug-likeness (QED) is 0.255. The molecule has 0 aliphatic carbocycles. The summed E-state index contributed by atoms with van der Waals surface area (Å²) in [6, 6.07) is 0. The lowest BCUT2D eigenvalue weighted by atomic mass is 10.0. The van der Waals surface area contributed by atoms with Crippen LogP contribution in [0.25, 0.3) is 0 Å². The maximum absolute atomic E-state index is 13.4. The maximum Gasteiger partial charge on any atom is 0.462 e. The Morgan fingerprint density at radius 3 is 1.64 bits per heavy atom. The van der Waals surface area contributed by atoms with E-state index in [2.05, 4.69) is 9.78 Å². The Kier molecular flexibility index (Phi) is 7.25. The van der Waals surface area contributed by atoms with E-state index in [1.807, 2.05) is 0 Å². The molecule has 0 N–H and O–H groups in total. The van der Waals surface area contributed by atoms with Crippen molar-refractivity contribution in [3.05, 3.63) is 11.7 Å². The topological polar surface area (TPSA) is 35.5 Å². The van der Waals surface area contributed by atoms with Crippen LogP contribution in [0.5, 0.6) is 0 Å². The lowest BCUT2D eigenvalue weighted by Crippen LogP contribution is -2.55. The molecule has 0 aromatic heterocycles. The van der Waals surface area contributed by atoms with E-state index in [0.717, 1.165) is 0 Å². The zero-order valence-corrected chi connectivity index (χ0v) is 12.0. The van der Waals surface area contributed by atoms with Crippen LogP contribution in [-0.4, -0.2) is 30.1 Å². The van der Waals surface area contributed by atoms with Gasteiger partial charge in [-0.15, -0.1) is 4.89 Å². The van der Waals surface area contributed by atoms with Gasteiger partial charge in [-0.05, 0) is 6.42 Å². The predicted molar refractivity (Wildman–Crippen MR) is 56.8 cm³/mol. The summed E-state index contributed by atoms with van der Waals surface area (Å²) < 4.78 is 137. The standard InChI is InChI=1S/C11H9F11O3/c1-2-3-4-8(14,15)5(6(12)13)7(23)24-25-9(16,10(17,18)19)11(20,21)22/h2-4H2,1H3. The van der Waals surface area contributed by atoms with Crippen LogP contribution in [0.2, 0.25) is 0 Å². The maximum atomic E-state index is 13.4. The van der Waals surface area contributed by atoms with Crippen molar-refractivity contribution in [1.82, 2.24) is 0 Å². The first-order valence-electron chi connectivity index (χ1n) is 6.17. The van der Waals surface area contributed by atoms with Gasteiger partial charge in [-0.2, -0.15) is 39.5 Å². The fraction of sp³-hybridized carbons (Fsp3) is 0.727. The third-order valence-electron chi connectivity index (χ3n) is 2.56. The minimum Gasteiger partial charge on any atom is -0.289 e. The van der Waals surface area contributed by atoms with Crippen LogP contribution >= 0.6 is 0 Å².